The van der Waals surface area contributed by atoms with E-state index >= 15 is 0 Å². The molecule has 1 atom stereocenters. The van der Waals surface area contributed by atoms with Crippen molar-refractivity contribution >= 4 is 15.9 Å². The first-order chi connectivity index (χ1) is 7.68. The molecule has 0 fully saturated rings. The van der Waals surface area contributed by atoms with Gasteiger partial charge in [0.05, 0.1) is 12.1 Å². The smallest absolute Gasteiger partial charge is 0.0677 e. The van der Waals surface area contributed by atoms with Crippen LogP contribution in [-0.2, 0) is 12.0 Å². The number of fused-ring (bicyclic) bond motifs is 1. The summed E-state index contributed by atoms with van der Waals surface area (Å²) in [7, 11) is 0. The second-order valence-corrected chi connectivity index (χ2v) is 5.39. The van der Waals surface area contributed by atoms with Crippen molar-refractivity contribution in [3.05, 3.63) is 46.5 Å². The lowest BCUT2D eigenvalue weighted by Gasteiger charge is -2.29. The minimum Gasteiger partial charge on any atom is -0.394 e. The fraction of sp³-hybridized carbons (Fsp3) is 0.385. The van der Waals surface area contributed by atoms with Gasteiger partial charge in [0, 0.05) is 11.0 Å². The predicted molar refractivity (Wildman–Crippen MR) is 69.6 cm³/mol. The summed E-state index contributed by atoms with van der Waals surface area (Å²) >= 11 is 3.34. The van der Waals surface area contributed by atoms with Gasteiger partial charge in [-0.2, -0.15) is 0 Å². The van der Waals surface area contributed by atoms with Gasteiger partial charge in [0.2, 0.25) is 0 Å². The van der Waals surface area contributed by atoms with Crippen LogP contribution in [0.3, 0.4) is 0 Å². The molecular weight excluding hydrogens is 266 g/mol. The zero-order valence-electron chi connectivity index (χ0n) is 9.17. The first kappa shape index (κ1) is 11.8. The van der Waals surface area contributed by atoms with Crippen molar-refractivity contribution in [3.63, 3.8) is 0 Å². The minimum absolute atomic E-state index is 0.129. The molecule has 0 amide bonds. The third kappa shape index (κ3) is 2.08. The quantitative estimate of drug-likeness (QED) is 0.888. The molecule has 1 aliphatic carbocycles. The molecule has 16 heavy (non-hydrogen) atoms. The maximum Gasteiger partial charge on any atom is 0.0677 e. The number of aryl methyl sites for hydroxylation is 1. The second-order valence-electron chi connectivity index (χ2n) is 4.27. The Balaban J connectivity index is 2.26. The molecule has 1 aliphatic rings. The van der Waals surface area contributed by atoms with Gasteiger partial charge in [-0.05, 0) is 24.0 Å². The molecule has 0 radical (unpaired) electrons. The van der Waals surface area contributed by atoms with Crippen LogP contribution in [0.5, 0.6) is 0 Å². The number of rotatable bonds is 4. The summed E-state index contributed by atoms with van der Waals surface area (Å²) in [5, 5.41) is 13.1. The Hall–Kier alpha value is -0.640. The van der Waals surface area contributed by atoms with Crippen molar-refractivity contribution in [2.24, 2.45) is 0 Å². The lowest BCUT2D eigenvalue weighted by Crippen LogP contribution is -2.44. The number of benzene rings is 1. The normalized spacial score (nSPS) is 23.1. The molecule has 2 rings (SSSR count). The van der Waals surface area contributed by atoms with E-state index in [4.69, 9.17) is 0 Å². The van der Waals surface area contributed by atoms with Crippen LogP contribution in [0.15, 0.2) is 35.3 Å². The monoisotopic (exact) mass is 281 g/mol. The Morgan fingerprint density at radius 1 is 1.50 bits per heavy atom. The standard InChI is InChI=1S/C13H16BrNO/c1-10(14)8-15-13(9-16)7-6-11-4-2-3-5-12(11)13/h2-5,15-16H,1,6-9H2. The highest BCUT2D eigenvalue weighted by Gasteiger charge is 2.37. The molecule has 0 aromatic heterocycles. The molecule has 0 spiro atoms. The maximum atomic E-state index is 9.67. The lowest BCUT2D eigenvalue weighted by atomic mass is 9.92. The molecule has 0 heterocycles. The fourth-order valence-corrected chi connectivity index (χ4v) is 2.50. The summed E-state index contributed by atoms with van der Waals surface area (Å²) in [6, 6.07) is 8.31. The summed E-state index contributed by atoms with van der Waals surface area (Å²) in [5.74, 6) is 0. The van der Waals surface area contributed by atoms with E-state index in [9.17, 15) is 5.11 Å². The van der Waals surface area contributed by atoms with Crippen molar-refractivity contribution < 1.29 is 5.11 Å². The molecule has 0 saturated heterocycles. The number of hydrogen-bond acceptors (Lipinski definition) is 2. The summed E-state index contributed by atoms with van der Waals surface area (Å²) in [4.78, 5) is 0. The second kappa shape index (κ2) is 4.70. The maximum absolute atomic E-state index is 9.67. The summed E-state index contributed by atoms with van der Waals surface area (Å²) in [6.07, 6.45) is 1.97. The molecule has 0 bridgehead atoms. The Morgan fingerprint density at radius 3 is 2.94 bits per heavy atom. The summed E-state index contributed by atoms with van der Waals surface area (Å²) < 4.78 is 0.907. The summed E-state index contributed by atoms with van der Waals surface area (Å²) in [5.41, 5.74) is 2.28. The third-order valence-electron chi connectivity index (χ3n) is 3.24. The zero-order valence-corrected chi connectivity index (χ0v) is 10.8. The molecule has 0 aliphatic heterocycles. The number of nitrogens with one attached hydrogen (secondary N) is 1. The predicted octanol–water partition coefficient (Wildman–Crippen LogP) is 2.32. The van der Waals surface area contributed by atoms with Crippen LogP contribution < -0.4 is 5.32 Å². The zero-order chi connectivity index (χ0) is 11.6. The minimum atomic E-state index is -0.284. The molecule has 1 aromatic carbocycles. The highest BCUT2D eigenvalue weighted by molar-refractivity contribution is 9.11. The van der Waals surface area contributed by atoms with Gasteiger partial charge < -0.3 is 10.4 Å². The van der Waals surface area contributed by atoms with Crippen LogP contribution in [0.2, 0.25) is 0 Å². The van der Waals surface area contributed by atoms with Crippen LogP contribution in [0.4, 0.5) is 0 Å². The van der Waals surface area contributed by atoms with Crippen LogP contribution in [-0.4, -0.2) is 18.3 Å². The molecule has 1 aromatic rings. The molecule has 2 N–H and O–H groups in total. The third-order valence-corrected chi connectivity index (χ3v) is 3.52. The van der Waals surface area contributed by atoms with Gasteiger partial charge in [-0.1, -0.05) is 46.8 Å². The van der Waals surface area contributed by atoms with E-state index in [0.29, 0.717) is 6.54 Å². The first-order valence-electron chi connectivity index (χ1n) is 5.45. The molecule has 2 nitrogen and oxygen atoms in total. The fourth-order valence-electron chi connectivity index (χ4n) is 2.36. The highest BCUT2D eigenvalue weighted by Crippen LogP contribution is 2.36. The Labute approximate surface area is 105 Å². The number of aliphatic hydroxyl groups excluding tert-OH is 1. The van der Waals surface area contributed by atoms with Gasteiger partial charge in [0.25, 0.3) is 0 Å². The van der Waals surface area contributed by atoms with Crippen molar-refractivity contribution in [2.45, 2.75) is 18.4 Å². The van der Waals surface area contributed by atoms with Crippen molar-refractivity contribution in [2.75, 3.05) is 13.2 Å². The Kier molecular flexibility index (Phi) is 3.47. The molecule has 1 unspecified atom stereocenters. The van der Waals surface area contributed by atoms with Crippen molar-refractivity contribution in [1.29, 1.82) is 0 Å². The number of halogens is 1. The van der Waals surface area contributed by atoms with Gasteiger partial charge in [-0.15, -0.1) is 0 Å². The van der Waals surface area contributed by atoms with Gasteiger partial charge in [0.1, 0.15) is 0 Å². The SMILES string of the molecule is C=C(Br)CNC1(CO)CCc2ccccc21. The molecule has 0 saturated carbocycles. The van der Waals surface area contributed by atoms with E-state index < -0.39 is 0 Å². The number of aliphatic hydroxyl groups is 1. The Bertz CT molecular complexity index is 405. The highest BCUT2D eigenvalue weighted by atomic mass is 79.9. The molecule has 3 heteroatoms. The Morgan fingerprint density at radius 2 is 2.25 bits per heavy atom. The molecule has 86 valence electrons. The topological polar surface area (TPSA) is 32.3 Å². The van der Waals surface area contributed by atoms with Gasteiger partial charge >= 0.3 is 0 Å². The van der Waals surface area contributed by atoms with Gasteiger partial charge in [0.15, 0.2) is 0 Å². The van der Waals surface area contributed by atoms with Gasteiger partial charge in [-0.25, -0.2) is 0 Å². The van der Waals surface area contributed by atoms with Crippen LogP contribution >= 0.6 is 15.9 Å². The largest absolute Gasteiger partial charge is 0.394 e. The molecular formula is C13H16BrNO. The van der Waals surface area contributed by atoms with Crippen molar-refractivity contribution in [3.8, 4) is 0 Å². The first-order valence-corrected chi connectivity index (χ1v) is 6.25. The summed E-state index contributed by atoms with van der Waals surface area (Å²) in [6.45, 7) is 4.61. The lowest BCUT2D eigenvalue weighted by molar-refractivity contribution is 0.164. The van der Waals surface area contributed by atoms with Crippen LogP contribution in [0.25, 0.3) is 0 Å². The number of hydrogen-bond donors (Lipinski definition) is 2. The van der Waals surface area contributed by atoms with E-state index in [1.54, 1.807) is 0 Å². The van der Waals surface area contributed by atoms with E-state index in [-0.39, 0.29) is 12.1 Å². The van der Waals surface area contributed by atoms with Crippen molar-refractivity contribution in [1.82, 2.24) is 5.32 Å². The average Bonchev–Trinajstić information content (AvgIpc) is 2.66. The van der Waals surface area contributed by atoms with E-state index in [0.717, 1.165) is 17.3 Å². The van der Waals surface area contributed by atoms with Crippen LogP contribution in [0, 0.1) is 0 Å². The van der Waals surface area contributed by atoms with Gasteiger partial charge in [-0.3, -0.25) is 0 Å². The van der Waals surface area contributed by atoms with E-state index in [1.165, 1.54) is 11.1 Å². The average molecular weight is 282 g/mol. The van der Waals surface area contributed by atoms with E-state index in [2.05, 4.69) is 46.0 Å². The van der Waals surface area contributed by atoms with E-state index in [1.807, 2.05) is 6.07 Å². The van der Waals surface area contributed by atoms with Crippen LogP contribution in [0.1, 0.15) is 17.5 Å².